The monoisotopic (exact) mass is 295 g/mol. The van der Waals surface area contributed by atoms with Gasteiger partial charge in [-0.1, -0.05) is 11.6 Å². The molecule has 1 amide bonds. The fourth-order valence-corrected chi connectivity index (χ4v) is 2.08. The first-order chi connectivity index (χ1) is 9.57. The molecule has 108 valence electrons. The number of benzene rings is 1. The fourth-order valence-electron chi connectivity index (χ4n) is 1.80. The summed E-state index contributed by atoms with van der Waals surface area (Å²) in [5.74, 6) is 0.0154. The van der Waals surface area contributed by atoms with E-state index in [9.17, 15) is 4.79 Å². The number of nitrogens with one attached hydrogen (secondary N) is 3. The van der Waals surface area contributed by atoms with E-state index in [1.165, 1.54) is 19.5 Å². The molecule has 20 heavy (non-hydrogen) atoms. The highest BCUT2D eigenvalue weighted by molar-refractivity contribution is 6.33. The summed E-state index contributed by atoms with van der Waals surface area (Å²) < 4.78 is 5.18. The number of rotatable bonds is 7. The van der Waals surface area contributed by atoms with Gasteiger partial charge < -0.3 is 20.9 Å². The van der Waals surface area contributed by atoms with Gasteiger partial charge in [-0.15, -0.1) is 0 Å². The molecule has 0 heterocycles. The van der Waals surface area contributed by atoms with E-state index in [0.717, 1.165) is 5.56 Å². The van der Waals surface area contributed by atoms with E-state index in [-0.39, 0.29) is 11.8 Å². The number of halogens is 1. The van der Waals surface area contributed by atoms with Gasteiger partial charge in [0.25, 0.3) is 5.91 Å². The van der Waals surface area contributed by atoms with Crippen molar-refractivity contribution in [2.45, 2.75) is 12.8 Å². The average molecular weight is 296 g/mol. The third kappa shape index (κ3) is 3.81. The Morgan fingerprint density at radius 1 is 1.45 bits per heavy atom. The van der Waals surface area contributed by atoms with Crippen LogP contribution in [0.2, 0.25) is 5.02 Å². The average Bonchev–Trinajstić information content (AvgIpc) is 2.48. The van der Waals surface area contributed by atoms with Crippen molar-refractivity contribution < 1.29 is 9.53 Å². The predicted molar refractivity (Wildman–Crippen MR) is 80.8 cm³/mol. The molecule has 0 aromatic heterocycles. The highest BCUT2D eigenvalue weighted by atomic mass is 35.5. The largest absolute Gasteiger partial charge is 0.495 e. The van der Waals surface area contributed by atoms with Crippen LogP contribution >= 0.6 is 11.6 Å². The minimum absolute atomic E-state index is 0.211. The van der Waals surface area contributed by atoms with E-state index in [4.69, 9.17) is 27.2 Å². The number of hydrogen-bond acceptors (Lipinski definition) is 4. The Morgan fingerprint density at radius 3 is 2.60 bits per heavy atom. The van der Waals surface area contributed by atoms with Crippen LogP contribution in [-0.2, 0) is 6.42 Å². The second-order valence-electron chi connectivity index (χ2n) is 4.27. The summed E-state index contributed by atoms with van der Waals surface area (Å²) in [7, 11) is 3.06. The molecule has 0 saturated carbocycles. The number of hydrogen-bond donors (Lipinski definition) is 3. The second-order valence-corrected chi connectivity index (χ2v) is 4.64. The summed E-state index contributed by atoms with van der Waals surface area (Å²) in [6.07, 6.45) is 3.60. The molecule has 0 bridgehead atoms. The second kappa shape index (κ2) is 7.65. The van der Waals surface area contributed by atoms with Crippen molar-refractivity contribution in [1.29, 1.82) is 10.8 Å². The van der Waals surface area contributed by atoms with E-state index in [1.807, 2.05) is 0 Å². The molecule has 0 aliphatic heterocycles. The fraction of sp³-hybridized carbons (Fsp3) is 0.357. The van der Waals surface area contributed by atoms with Crippen LogP contribution in [0, 0.1) is 16.7 Å². The van der Waals surface area contributed by atoms with E-state index in [2.05, 4.69) is 5.32 Å². The molecule has 0 fully saturated rings. The minimum Gasteiger partial charge on any atom is -0.495 e. The number of carbonyl (C=O) groups is 1. The van der Waals surface area contributed by atoms with Gasteiger partial charge in [0.05, 0.1) is 12.1 Å². The van der Waals surface area contributed by atoms with Crippen molar-refractivity contribution in [1.82, 2.24) is 5.32 Å². The van der Waals surface area contributed by atoms with E-state index >= 15 is 0 Å². The Morgan fingerprint density at radius 2 is 2.10 bits per heavy atom. The van der Waals surface area contributed by atoms with Crippen LogP contribution < -0.4 is 10.1 Å². The third-order valence-electron chi connectivity index (χ3n) is 3.00. The molecule has 6 heteroatoms. The highest BCUT2D eigenvalue weighted by Gasteiger charge is 2.14. The van der Waals surface area contributed by atoms with Crippen LogP contribution in [-0.4, -0.2) is 32.5 Å². The summed E-state index contributed by atoms with van der Waals surface area (Å²) in [6.45, 7) is 0. The molecule has 0 spiro atoms. The van der Waals surface area contributed by atoms with E-state index in [1.54, 1.807) is 19.2 Å². The van der Waals surface area contributed by atoms with Crippen molar-refractivity contribution >= 4 is 29.9 Å². The minimum atomic E-state index is -0.222. The molecular weight excluding hydrogens is 278 g/mol. The van der Waals surface area contributed by atoms with Gasteiger partial charge in [-0.2, -0.15) is 0 Å². The SMILES string of the molecule is CNC(=O)c1cc(CCC(C=N)C=N)c(Cl)c(OC)c1. The molecule has 0 saturated heterocycles. The maximum atomic E-state index is 11.7. The lowest BCUT2D eigenvalue weighted by atomic mass is 9.99. The Bertz CT molecular complexity index is 509. The Labute approximate surface area is 123 Å². The standard InChI is InChI=1S/C14H18ClN3O2/c1-18-14(19)11-5-10(4-3-9(7-16)8-17)13(15)12(6-11)20-2/h5-9,16-17H,3-4H2,1-2H3,(H,18,19). The Kier molecular flexibility index (Phi) is 6.18. The molecule has 0 unspecified atom stereocenters. The number of amides is 1. The molecule has 3 N–H and O–H groups in total. The maximum Gasteiger partial charge on any atom is 0.251 e. The van der Waals surface area contributed by atoms with Gasteiger partial charge in [0, 0.05) is 31.0 Å². The number of carbonyl (C=O) groups excluding carboxylic acids is 1. The van der Waals surface area contributed by atoms with Crippen LogP contribution in [0.15, 0.2) is 12.1 Å². The van der Waals surface area contributed by atoms with Gasteiger partial charge in [-0.25, -0.2) is 0 Å². The van der Waals surface area contributed by atoms with Crippen molar-refractivity contribution in [3.63, 3.8) is 0 Å². The highest BCUT2D eigenvalue weighted by Crippen LogP contribution is 2.31. The molecule has 1 aromatic carbocycles. The zero-order valence-electron chi connectivity index (χ0n) is 11.5. The van der Waals surface area contributed by atoms with Gasteiger partial charge in [-0.3, -0.25) is 4.79 Å². The lowest BCUT2D eigenvalue weighted by Crippen LogP contribution is -2.18. The van der Waals surface area contributed by atoms with Crippen LogP contribution in [0.3, 0.4) is 0 Å². The normalized spacial score (nSPS) is 11.6. The summed E-state index contributed by atoms with van der Waals surface area (Å²) in [4.78, 5) is 11.7. The van der Waals surface area contributed by atoms with E-state index < -0.39 is 0 Å². The first kappa shape index (κ1) is 16.2. The Hall–Kier alpha value is -1.88. The van der Waals surface area contributed by atoms with Crippen LogP contribution in [0.4, 0.5) is 0 Å². The topological polar surface area (TPSA) is 86.0 Å². The van der Waals surface area contributed by atoms with Crippen LogP contribution in [0.1, 0.15) is 22.3 Å². The molecule has 0 atom stereocenters. The molecule has 5 nitrogen and oxygen atoms in total. The van der Waals surface area contributed by atoms with Crippen molar-refractivity contribution in [3.8, 4) is 5.75 Å². The first-order valence-corrected chi connectivity index (χ1v) is 6.54. The molecule has 0 aliphatic carbocycles. The van der Waals surface area contributed by atoms with Gasteiger partial charge in [0.2, 0.25) is 0 Å². The maximum absolute atomic E-state index is 11.7. The van der Waals surface area contributed by atoms with Crippen LogP contribution in [0.5, 0.6) is 5.75 Å². The summed E-state index contributed by atoms with van der Waals surface area (Å²) in [5.41, 5.74) is 1.25. The van der Waals surface area contributed by atoms with E-state index in [0.29, 0.717) is 29.2 Å². The van der Waals surface area contributed by atoms with Gasteiger partial charge in [0.1, 0.15) is 5.75 Å². The zero-order valence-corrected chi connectivity index (χ0v) is 12.3. The molecule has 1 rings (SSSR count). The predicted octanol–water partition coefficient (Wildman–Crippen LogP) is 2.56. The summed E-state index contributed by atoms with van der Waals surface area (Å²) in [6, 6.07) is 3.31. The molecular formula is C14H18ClN3O2. The van der Waals surface area contributed by atoms with Gasteiger partial charge in [-0.05, 0) is 30.5 Å². The van der Waals surface area contributed by atoms with Crippen LogP contribution in [0.25, 0.3) is 0 Å². The third-order valence-corrected chi connectivity index (χ3v) is 3.43. The summed E-state index contributed by atoms with van der Waals surface area (Å²) >= 11 is 6.23. The first-order valence-electron chi connectivity index (χ1n) is 6.17. The lowest BCUT2D eigenvalue weighted by molar-refractivity contribution is 0.0962. The van der Waals surface area contributed by atoms with Crippen molar-refractivity contribution in [3.05, 3.63) is 28.3 Å². The zero-order chi connectivity index (χ0) is 15.1. The van der Waals surface area contributed by atoms with Crippen molar-refractivity contribution in [2.24, 2.45) is 5.92 Å². The van der Waals surface area contributed by atoms with Gasteiger partial charge in [0.15, 0.2) is 0 Å². The molecule has 0 aliphatic rings. The molecule has 0 radical (unpaired) electrons. The quantitative estimate of drug-likeness (QED) is 0.675. The number of methoxy groups -OCH3 is 1. The van der Waals surface area contributed by atoms with Gasteiger partial charge >= 0.3 is 0 Å². The lowest BCUT2D eigenvalue weighted by Gasteiger charge is -2.12. The smallest absolute Gasteiger partial charge is 0.251 e. The Balaban J connectivity index is 3.07. The number of aryl methyl sites for hydroxylation is 1. The summed E-state index contributed by atoms with van der Waals surface area (Å²) in [5, 5.41) is 17.4. The van der Waals surface area contributed by atoms with Crippen molar-refractivity contribution in [2.75, 3.05) is 14.2 Å². The number of ether oxygens (including phenoxy) is 1. The molecule has 1 aromatic rings.